The van der Waals surface area contributed by atoms with Crippen molar-refractivity contribution < 1.29 is 4.42 Å². The topological polar surface area (TPSA) is 13.1 Å². The Labute approximate surface area is 114 Å². The maximum atomic E-state index is 6.12. The molecule has 0 amide bonds. The second kappa shape index (κ2) is 4.12. The van der Waals surface area contributed by atoms with Crippen LogP contribution in [0.5, 0.6) is 0 Å². The molecule has 19 heavy (non-hydrogen) atoms. The molecule has 1 aliphatic carbocycles. The van der Waals surface area contributed by atoms with Crippen molar-refractivity contribution in [3.8, 4) is 0 Å². The molecule has 1 aromatic heterocycles. The fraction of sp³-hybridized carbons (Fsp3) is 0.333. The van der Waals surface area contributed by atoms with Crippen LogP contribution < -0.4 is 0 Å². The molecule has 0 saturated heterocycles. The van der Waals surface area contributed by atoms with Gasteiger partial charge in [-0.25, -0.2) is 0 Å². The van der Waals surface area contributed by atoms with Gasteiger partial charge in [0, 0.05) is 21.9 Å². The molecule has 0 saturated carbocycles. The summed E-state index contributed by atoms with van der Waals surface area (Å²) < 4.78 is 6.12. The average Bonchev–Trinajstić information content (AvgIpc) is 2.85. The van der Waals surface area contributed by atoms with Gasteiger partial charge in [0.1, 0.15) is 11.3 Å². The quantitative estimate of drug-likeness (QED) is 0.691. The maximum Gasteiger partial charge on any atom is 0.139 e. The lowest BCUT2D eigenvalue weighted by Crippen LogP contribution is -2.15. The Hall–Kier alpha value is -1.76. The van der Waals surface area contributed by atoms with Gasteiger partial charge in [0.15, 0.2) is 0 Å². The van der Waals surface area contributed by atoms with Crippen LogP contribution in [0.4, 0.5) is 0 Å². The van der Waals surface area contributed by atoms with E-state index in [-0.39, 0.29) is 5.41 Å². The fourth-order valence-electron chi connectivity index (χ4n) is 2.99. The van der Waals surface area contributed by atoms with Crippen LogP contribution in [0.25, 0.3) is 16.5 Å². The van der Waals surface area contributed by atoms with Crippen molar-refractivity contribution in [2.75, 3.05) is 0 Å². The minimum atomic E-state index is 0.0509. The van der Waals surface area contributed by atoms with E-state index in [1.165, 1.54) is 22.1 Å². The first kappa shape index (κ1) is 12.3. The molecule has 1 heterocycles. The Morgan fingerprint density at radius 3 is 2.68 bits per heavy atom. The molecule has 0 aliphatic heterocycles. The molecule has 1 heteroatoms. The van der Waals surface area contributed by atoms with Gasteiger partial charge in [-0.3, -0.25) is 0 Å². The van der Waals surface area contributed by atoms with E-state index in [0.717, 1.165) is 17.8 Å². The zero-order chi connectivity index (χ0) is 13.6. The number of para-hydroxylation sites is 1. The third-order valence-electron chi connectivity index (χ3n) is 4.33. The van der Waals surface area contributed by atoms with Crippen molar-refractivity contribution in [2.45, 2.75) is 39.5 Å². The highest BCUT2D eigenvalue weighted by Crippen LogP contribution is 2.50. The fourth-order valence-corrected chi connectivity index (χ4v) is 2.99. The van der Waals surface area contributed by atoms with Crippen molar-refractivity contribution in [3.63, 3.8) is 0 Å². The van der Waals surface area contributed by atoms with Gasteiger partial charge in [-0.1, -0.05) is 56.7 Å². The largest absolute Gasteiger partial charge is 0.456 e. The maximum absolute atomic E-state index is 6.12. The standard InChI is InChI=1S/C18H20O/c1-5-6-9-13-12(2)18(3,4)16-14-10-7-8-11-15(14)19-17(13)16/h6-11H,5H2,1-4H3/b9-6-. The van der Waals surface area contributed by atoms with E-state index < -0.39 is 0 Å². The molecule has 2 aromatic rings. The van der Waals surface area contributed by atoms with E-state index >= 15 is 0 Å². The summed E-state index contributed by atoms with van der Waals surface area (Å²) in [5.74, 6) is 1.06. The van der Waals surface area contributed by atoms with Crippen LogP contribution in [-0.2, 0) is 5.41 Å². The van der Waals surface area contributed by atoms with Crippen molar-refractivity contribution in [3.05, 3.63) is 53.3 Å². The number of fused-ring (bicyclic) bond motifs is 3. The molecule has 1 aromatic carbocycles. The molecule has 98 valence electrons. The molecular weight excluding hydrogens is 232 g/mol. The predicted octanol–water partition coefficient (Wildman–Crippen LogP) is 5.46. The van der Waals surface area contributed by atoms with Crippen LogP contribution in [0.2, 0.25) is 0 Å². The van der Waals surface area contributed by atoms with Gasteiger partial charge in [0.25, 0.3) is 0 Å². The van der Waals surface area contributed by atoms with Crippen LogP contribution in [0.15, 0.2) is 46.4 Å². The van der Waals surface area contributed by atoms with Crippen LogP contribution in [0.3, 0.4) is 0 Å². The highest BCUT2D eigenvalue weighted by atomic mass is 16.3. The highest BCUT2D eigenvalue weighted by molar-refractivity contribution is 5.95. The Morgan fingerprint density at radius 2 is 1.95 bits per heavy atom. The minimum Gasteiger partial charge on any atom is -0.456 e. The Kier molecular flexibility index (Phi) is 2.67. The van der Waals surface area contributed by atoms with Crippen LogP contribution >= 0.6 is 0 Å². The van der Waals surface area contributed by atoms with Crippen molar-refractivity contribution in [1.82, 2.24) is 0 Å². The molecule has 3 rings (SSSR count). The third-order valence-corrected chi connectivity index (χ3v) is 4.33. The van der Waals surface area contributed by atoms with Gasteiger partial charge in [-0.15, -0.1) is 0 Å². The summed E-state index contributed by atoms with van der Waals surface area (Å²) in [6.07, 6.45) is 5.47. The van der Waals surface area contributed by atoms with Crippen LogP contribution in [-0.4, -0.2) is 0 Å². The summed E-state index contributed by atoms with van der Waals surface area (Å²) >= 11 is 0. The van der Waals surface area contributed by atoms with E-state index in [2.05, 4.69) is 58.0 Å². The van der Waals surface area contributed by atoms with Crippen LogP contribution in [0, 0.1) is 0 Å². The summed E-state index contributed by atoms with van der Waals surface area (Å²) in [7, 11) is 0. The molecular formula is C18H20O. The van der Waals surface area contributed by atoms with E-state index in [1.54, 1.807) is 0 Å². The smallest absolute Gasteiger partial charge is 0.139 e. The Bertz CT molecular complexity index is 696. The number of furan rings is 1. The van der Waals surface area contributed by atoms with E-state index in [1.807, 2.05) is 6.07 Å². The van der Waals surface area contributed by atoms with Gasteiger partial charge < -0.3 is 4.42 Å². The average molecular weight is 252 g/mol. The number of hydrogen-bond acceptors (Lipinski definition) is 1. The Morgan fingerprint density at radius 1 is 1.21 bits per heavy atom. The first-order chi connectivity index (χ1) is 9.07. The predicted molar refractivity (Wildman–Crippen MR) is 81.3 cm³/mol. The van der Waals surface area contributed by atoms with Gasteiger partial charge in [0.05, 0.1) is 0 Å². The van der Waals surface area contributed by atoms with E-state index in [0.29, 0.717) is 0 Å². The first-order valence-corrected chi connectivity index (χ1v) is 6.97. The first-order valence-electron chi connectivity index (χ1n) is 6.97. The lowest BCUT2D eigenvalue weighted by Gasteiger charge is -2.21. The van der Waals surface area contributed by atoms with Crippen molar-refractivity contribution in [2.24, 2.45) is 0 Å². The van der Waals surface area contributed by atoms with Gasteiger partial charge in [-0.2, -0.15) is 0 Å². The van der Waals surface area contributed by atoms with Gasteiger partial charge in [-0.05, 0) is 19.4 Å². The molecule has 0 spiro atoms. The molecule has 0 atom stereocenters. The summed E-state index contributed by atoms with van der Waals surface area (Å²) in [5, 5.41) is 1.25. The summed E-state index contributed by atoms with van der Waals surface area (Å²) in [5.41, 5.74) is 5.05. The lowest BCUT2D eigenvalue weighted by atomic mass is 9.81. The SMILES string of the molecule is CC/C=C\C1=C(C)C(C)(C)c2c1oc1ccccc21. The second-order valence-corrected chi connectivity index (χ2v) is 5.78. The number of benzene rings is 1. The lowest BCUT2D eigenvalue weighted by molar-refractivity contribution is 0.584. The normalized spacial score (nSPS) is 17.7. The van der Waals surface area contributed by atoms with Gasteiger partial charge in [0.2, 0.25) is 0 Å². The molecule has 1 nitrogen and oxygen atoms in total. The van der Waals surface area contributed by atoms with Gasteiger partial charge >= 0.3 is 0 Å². The number of allylic oxidation sites excluding steroid dienone is 4. The highest BCUT2D eigenvalue weighted by Gasteiger charge is 2.39. The van der Waals surface area contributed by atoms with Crippen molar-refractivity contribution >= 4 is 16.5 Å². The minimum absolute atomic E-state index is 0.0509. The summed E-state index contributed by atoms with van der Waals surface area (Å²) in [6, 6.07) is 8.34. The number of rotatable bonds is 2. The zero-order valence-corrected chi connectivity index (χ0v) is 12.1. The van der Waals surface area contributed by atoms with E-state index in [4.69, 9.17) is 4.42 Å². The molecule has 0 fully saturated rings. The molecule has 0 bridgehead atoms. The molecule has 1 aliphatic rings. The monoisotopic (exact) mass is 252 g/mol. The summed E-state index contributed by atoms with van der Waals surface area (Å²) in [4.78, 5) is 0. The molecule has 0 unspecified atom stereocenters. The molecule has 0 N–H and O–H groups in total. The van der Waals surface area contributed by atoms with E-state index in [9.17, 15) is 0 Å². The third kappa shape index (κ3) is 1.61. The zero-order valence-electron chi connectivity index (χ0n) is 12.1. The van der Waals surface area contributed by atoms with Crippen molar-refractivity contribution in [1.29, 1.82) is 0 Å². The number of hydrogen-bond donors (Lipinski definition) is 0. The summed E-state index contributed by atoms with van der Waals surface area (Å²) in [6.45, 7) is 8.96. The Balaban J connectivity index is 2.32. The second-order valence-electron chi connectivity index (χ2n) is 5.78. The molecule has 0 radical (unpaired) electrons. The van der Waals surface area contributed by atoms with Crippen LogP contribution in [0.1, 0.15) is 45.4 Å².